The van der Waals surface area contributed by atoms with Crippen molar-refractivity contribution in [1.82, 2.24) is 10.3 Å². The van der Waals surface area contributed by atoms with Crippen LogP contribution in [0.25, 0.3) is 11.3 Å². The molecule has 0 saturated heterocycles. The number of amides is 2. The smallest absolute Gasteiger partial charge is 0.287 e. The molecule has 2 aromatic heterocycles. The van der Waals surface area contributed by atoms with Gasteiger partial charge >= 0.3 is 0 Å². The Bertz CT molecular complexity index is 901. The number of nitrogens with one attached hydrogen (secondary N) is 2. The van der Waals surface area contributed by atoms with E-state index in [1.165, 1.54) is 29.2 Å². The monoisotopic (exact) mass is 383 g/mol. The number of aromatic nitrogens is 1. The lowest BCUT2D eigenvalue weighted by atomic mass is 9.97. The van der Waals surface area contributed by atoms with Crippen LogP contribution in [0.1, 0.15) is 42.3 Å². The highest BCUT2D eigenvalue weighted by Crippen LogP contribution is 2.27. The Morgan fingerprint density at radius 1 is 1.22 bits per heavy atom. The predicted octanol–water partition coefficient (Wildman–Crippen LogP) is 4.29. The fourth-order valence-electron chi connectivity index (χ4n) is 2.50. The van der Waals surface area contributed by atoms with Crippen molar-refractivity contribution in [2.45, 2.75) is 26.2 Å². The average molecular weight is 383 g/mol. The Kier molecular flexibility index (Phi) is 6.03. The minimum Gasteiger partial charge on any atom is -0.459 e. The van der Waals surface area contributed by atoms with Crippen molar-refractivity contribution in [3.63, 3.8) is 0 Å². The van der Waals surface area contributed by atoms with Crippen LogP contribution < -0.4 is 10.6 Å². The number of anilines is 1. The lowest BCUT2D eigenvalue weighted by Crippen LogP contribution is -2.32. The van der Waals surface area contributed by atoms with Gasteiger partial charge in [-0.25, -0.2) is 4.98 Å². The summed E-state index contributed by atoms with van der Waals surface area (Å²) >= 11 is 1.35. The minimum atomic E-state index is -0.434. The molecule has 27 heavy (non-hydrogen) atoms. The second kappa shape index (κ2) is 8.64. The van der Waals surface area contributed by atoms with Crippen LogP contribution >= 0.6 is 11.3 Å². The van der Waals surface area contributed by atoms with Crippen molar-refractivity contribution in [2.75, 3.05) is 11.9 Å². The Balaban J connectivity index is 1.55. The number of hydrogen-bond donors (Lipinski definition) is 2. The fourth-order valence-corrected chi connectivity index (χ4v) is 3.24. The van der Waals surface area contributed by atoms with Gasteiger partial charge in [0.25, 0.3) is 5.91 Å². The highest BCUT2D eigenvalue weighted by molar-refractivity contribution is 7.14. The summed E-state index contributed by atoms with van der Waals surface area (Å²) < 4.78 is 4.97. The molecule has 140 valence electrons. The van der Waals surface area contributed by atoms with Crippen LogP contribution in [0.4, 0.5) is 5.13 Å². The van der Waals surface area contributed by atoms with Gasteiger partial charge < -0.3 is 15.1 Å². The van der Waals surface area contributed by atoms with Gasteiger partial charge in [0.1, 0.15) is 0 Å². The zero-order chi connectivity index (χ0) is 19.2. The van der Waals surface area contributed by atoms with E-state index in [9.17, 15) is 9.59 Å². The maximum absolute atomic E-state index is 12.0. The van der Waals surface area contributed by atoms with Crippen molar-refractivity contribution in [3.8, 4) is 11.3 Å². The molecule has 1 atom stereocenters. The number of rotatable bonds is 7. The molecule has 6 nitrogen and oxygen atoms in total. The van der Waals surface area contributed by atoms with E-state index >= 15 is 0 Å². The Morgan fingerprint density at radius 3 is 2.67 bits per heavy atom. The highest BCUT2D eigenvalue weighted by Gasteiger charge is 2.12. The van der Waals surface area contributed by atoms with Crippen molar-refractivity contribution >= 4 is 28.3 Å². The average Bonchev–Trinajstić information content (AvgIpc) is 3.38. The van der Waals surface area contributed by atoms with E-state index in [4.69, 9.17) is 4.42 Å². The highest BCUT2D eigenvalue weighted by atomic mass is 32.1. The molecule has 0 unspecified atom stereocenters. The second-order valence-electron chi connectivity index (χ2n) is 6.18. The number of carbonyl (C=O) groups excluding carboxylic acids is 2. The van der Waals surface area contributed by atoms with Crippen LogP contribution in [0.3, 0.4) is 0 Å². The van der Waals surface area contributed by atoms with Gasteiger partial charge in [-0.3, -0.25) is 9.59 Å². The normalized spacial score (nSPS) is 11.8. The molecule has 7 heteroatoms. The van der Waals surface area contributed by atoms with E-state index < -0.39 is 5.91 Å². The summed E-state index contributed by atoms with van der Waals surface area (Å²) in [5, 5.41) is 7.58. The van der Waals surface area contributed by atoms with E-state index in [0.717, 1.165) is 17.7 Å². The first-order valence-electron chi connectivity index (χ1n) is 8.74. The third-order valence-corrected chi connectivity index (χ3v) is 5.05. The summed E-state index contributed by atoms with van der Waals surface area (Å²) in [7, 11) is 0. The molecule has 0 aliphatic carbocycles. The molecule has 0 radical (unpaired) electrons. The second-order valence-corrected chi connectivity index (χ2v) is 7.04. The number of benzene rings is 1. The molecule has 3 aromatic rings. The van der Waals surface area contributed by atoms with Crippen LogP contribution in [0.2, 0.25) is 0 Å². The molecule has 3 rings (SSSR count). The van der Waals surface area contributed by atoms with Crippen molar-refractivity contribution in [3.05, 3.63) is 59.4 Å². The van der Waals surface area contributed by atoms with Gasteiger partial charge in [0.15, 0.2) is 10.9 Å². The fraction of sp³-hybridized carbons (Fsp3) is 0.250. The van der Waals surface area contributed by atoms with Crippen LogP contribution in [-0.4, -0.2) is 23.3 Å². The number of thiazole rings is 1. The van der Waals surface area contributed by atoms with Gasteiger partial charge in [0.2, 0.25) is 5.91 Å². The van der Waals surface area contributed by atoms with E-state index in [2.05, 4.69) is 41.6 Å². The molecule has 2 N–H and O–H groups in total. The molecule has 0 spiro atoms. The number of nitrogens with zero attached hydrogens (tertiary/aromatic N) is 1. The summed E-state index contributed by atoms with van der Waals surface area (Å²) in [6.45, 7) is 4.22. The Hall–Kier alpha value is -2.93. The van der Waals surface area contributed by atoms with Gasteiger partial charge in [0.05, 0.1) is 18.5 Å². The van der Waals surface area contributed by atoms with Crippen molar-refractivity contribution in [1.29, 1.82) is 0 Å². The topological polar surface area (TPSA) is 84.2 Å². The minimum absolute atomic E-state index is 0.155. The Morgan fingerprint density at radius 2 is 2.00 bits per heavy atom. The summed E-state index contributed by atoms with van der Waals surface area (Å²) in [5.41, 5.74) is 3.12. The molecule has 0 saturated carbocycles. The van der Waals surface area contributed by atoms with E-state index in [1.807, 2.05) is 17.5 Å². The van der Waals surface area contributed by atoms with E-state index in [1.54, 1.807) is 6.07 Å². The number of hydrogen-bond acceptors (Lipinski definition) is 5. The first kappa shape index (κ1) is 18.8. The van der Waals surface area contributed by atoms with Gasteiger partial charge in [-0.1, -0.05) is 38.1 Å². The lowest BCUT2D eigenvalue weighted by molar-refractivity contribution is -0.115. The summed E-state index contributed by atoms with van der Waals surface area (Å²) in [6.07, 6.45) is 2.50. The molecule has 0 aliphatic rings. The first-order chi connectivity index (χ1) is 13.1. The lowest BCUT2D eigenvalue weighted by Gasteiger charge is -2.08. The molecule has 2 heterocycles. The summed E-state index contributed by atoms with van der Waals surface area (Å²) in [5.74, 6) is -0.0832. The van der Waals surface area contributed by atoms with Gasteiger partial charge in [-0.05, 0) is 30.0 Å². The number of furan rings is 1. The molecule has 0 fully saturated rings. The molecule has 0 bridgehead atoms. The number of carbonyl (C=O) groups is 2. The first-order valence-corrected chi connectivity index (χ1v) is 9.62. The maximum atomic E-state index is 12.0. The van der Waals surface area contributed by atoms with Crippen LogP contribution in [0.15, 0.2) is 52.5 Å². The third kappa shape index (κ3) is 4.83. The van der Waals surface area contributed by atoms with E-state index in [0.29, 0.717) is 11.0 Å². The molecule has 2 amide bonds. The van der Waals surface area contributed by atoms with Crippen molar-refractivity contribution in [2.24, 2.45) is 0 Å². The quantitative estimate of drug-likeness (QED) is 0.638. The standard InChI is InChI=1S/C20H21N3O3S/c1-3-13(2)14-6-8-15(9-7-14)16-12-27-20(22-16)23-18(24)11-21-19(25)17-5-4-10-26-17/h4-10,12-13H,3,11H2,1-2H3,(H,21,25)(H,22,23,24)/t13-/m0/s1. The molecule has 0 aliphatic heterocycles. The maximum Gasteiger partial charge on any atom is 0.287 e. The third-order valence-electron chi connectivity index (χ3n) is 4.29. The van der Waals surface area contributed by atoms with Crippen molar-refractivity contribution < 1.29 is 14.0 Å². The van der Waals surface area contributed by atoms with Gasteiger partial charge in [-0.2, -0.15) is 0 Å². The molecular weight excluding hydrogens is 362 g/mol. The summed E-state index contributed by atoms with van der Waals surface area (Å²) in [4.78, 5) is 28.2. The van der Waals surface area contributed by atoms with Crippen LogP contribution in [0, 0.1) is 0 Å². The van der Waals surface area contributed by atoms with Crippen LogP contribution in [-0.2, 0) is 4.79 Å². The molecule has 1 aromatic carbocycles. The zero-order valence-electron chi connectivity index (χ0n) is 15.2. The zero-order valence-corrected chi connectivity index (χ0v) is 16.0. The predicted molar refractivity (Wildman–Crippen MR) is 106 cm³/mol. The Labute approximate surface area is 161 Å². The van der Waals surface area contributed by atoms with Gasteiger partial charge in [0, 0.05) is 10.9 Å². The largest absolute Gasteiger partial charge is 0.459 e. The molecular formula is C20H21N3O3S. The van der Waals surface area contributed by atoms with Gasteiger partial charge in [-0.15, -0.1) is 11.3 Å². The summed E-state index contributed by atoms with van der Waals surface area (Å²) in [6, 6.07) is 11.5. The SMILES string of the molecule is CC[C@H](C)c1ccc(-c2csc(NC(=O)CNC(=O)c3ccco3)n2)cc1. The van der Waals surface area contributed by atoms with Crippen LogP contribution in [0.5, 0.6) is 0 Å². The van der Waals surface area contributed by atoms with E-state index in [-0.39, 0.29) is 18.2 Å².